The number of benzene rings is 1. The third-order valence-electron chi connectivity index (χ3n) is 6.00. The highest BCUT2D eigenvalue weighted by Crippen LogP contribution is 2.48. The fraction of sp³-hybridized carbons (Fsp3) is 0.667. The number of halogens is 3. The van der Waals surface area contributed by atoms with Crippen molar-refractivity contribution in [1.82, 2.24) is 0 Å². The SMILES string of the molecule is CC(CN(c1ccc(C2CC2C(=O)O)cc1N)C1CCCCC1)CC(F)(F)F. The molecule has 0 heterocycles. The Bertz CT molecular complexity index is 701. The number of nitrogens with zero attached hydrogens (tertiary/aromatic N) is 1. The van der Waals surface area contributed by atoms with Gasteiger partial charge in [0.1, 0.15) is 0 Å². The zero-order chi connectivity index (χ0) is 20.5. The number of hydrogen-bond acceptors (Lipinski definition) is 3. The van der Waals surface area contributed by atoms with Crippen molar-refractivity contribution in [2.75, 3.05) is 17.2 Å². The molecule has 4 nitrogen and oxygen atoms in total. The topological polar surface area (TPSA) is 66.6 Å². The van der Waals surface area contributed by atoms with Crippen molar-refractivity contribution in [3.63, 3.8) is 0 Å². The summed E-state index contributed by atoms with van der Waals surface area (Å²) >= 11 is 0. The van der Waals surface area contributed by atoms with E-state index < -0.39 is 24.5 Å². The molecule has 0 amide bonds. The smallest absolute Gasteiger partial charge is 0.389 e. The van der Waals surface area contributed by atoms with Crippen LogP contribution in [0.5, 0.6) is 0 Å². The second-order valence-corrected chi connectivity index (χ2v) is 8.47. The van der Waals surface area contributed by atoms with Crippen LogP contribution < -0.4 is 10.6 Å². The minimum absolute atomic E-state index is 0.0128. The highest BCUT2D eigenvalue weighted by molar-refractivity contribution is 5.76. The van der Waals surface area contributed by atoms with Crippen LogP contribution in [0.3, 0.4) is 0 Å². The predicted octanol–water partition coefficient (Wildman–Crippen LogP) is 5.18. The first-order chi connectivity index (χ1) is 13.2. The molecule has 0 aromatic heterocycles. The summed E-state index contributed by atoms with van der Waals surface area (Å²) in [5.74, 6) is -1.69. The van der Waals surface area contributed by atoms with Crippen molar-refractivity contribution < 1.29 is 23.1 Å². The molecule has 0 bridgehead atoms. The number of carboxylic acids is 1. The van der Waals surface area contributed by atoms with Gasteiger partial charge in [-0.1, -0.05) is 32.3 Å². The molecule has 2 aliphatic carbocycles. The van der Waals surface area contributed by atoms with Gasteiger partial charge in [0.15, 0.2) is 0 Å². The first kappa shape index (κ1) is 20.8. The van der Waals surface area contributed by atoms with Crippen LogP contribution >= 0.6 is 0 Å². The lowest BCUT2D eigenvalue weighted by molar-refractivity contribution is -0.142. The van der Waals surface area contributed by atoms with E-state index in [0.29, 0.717) is 18.7 Å². The Labute approximate surface area is 163 Å². The molecule has 1 aromatic rings. The summed E-state index contributed by atoms with van der Waals surface area (Å²) in [6.07, 6.45) is 0.872. The van der Waals surface area contributed by atoms with E-state index in [1.54, 1.807) is 6.92 Å². The summed E-state index contributed by atoms with van der Waals surface area (Å²) in [7, 11) is 0. The molecule has 3 N–H and O–H groups in total. The number of rotatable bonds is 7. The maximum atomic E-state index is 12.8. The van der Waals surface area contributed by atoms with Crippen molar-refractivity contribution in [1.29, 1.82) is 0 Å². The van der Waals surface area contributed by atoms with Gasteiger partial charge in [-0.3, -0.25) is 4.79 Å². The van der Waals surface area contributed by atoms with Gasteiger partial charge < -0.3 is 15.7 Å². The maximum Gasteiger partial charge on any atom is 0.389 e. The standard InChI is InChI=1S/C21H29F3N2O2/c1-13(11-21(22,23)24)12-26(15-5-3-2-4-6-15)19-8-7-14(9-18(19)25)16-10-17(16)20(27)28/h7-9,13,15-17H,2-6,10-12,25H2,1H3,(H,27,28). The first-order valence-corrected chi connectivity index (χ1v) is 10.1. The Morgan fingerprint density at radius 3 is 2.50 bits per heavy atom. The lowest BCUT2D eigenvalue weighted by Crippen LogP contribution is -2.41. The van der Waals surface area contributed by atoms with Gasteiger partial charge in [-0.25, -0.2) is 0 Å². The molecular weight excluding hydrogens is 369 g/mol. The van der Waals surface area contributed by atoms with E-state index >= 15 is 0 Å². The molecule has 3 atom stereocenters. The lowest BCUT2D eigenvalue weighted by Gasteiger charge is -2.38. The van der Waals surface area contributed by atoms with E-state index in [-0.39, 0.29) is 17.9 Å². The Balaban J connectivity index is 1.80. The van der Waals surface area contributed by atoms with Crippen LogP contribution in [0.25, 0.3) is 0 Å². The number of carbonyl (C=O) groups is 1. The Morgan fingerprint density at radius 1 is 1.29 bits per heavy atom. The summed E-state index contributed by atoms with van der Waals surface area (Å²) in [5, 5.41) is 9.13. The molecule has 1 aromatic carbocycles. The summed E-state index contributed by atoms with van der Waals surface area (Å²) in [6.45, 7) is 1.95. The molecule has 2 saturated carbocycles. The number of carboxylic acid groups (broad SMARTS) is 1. The number of aliphatic carboxylic acids is 1. The van der Waals surface area contributed by atoms with Crippen LogP contribution in [0, 0.1) is 11.8 Å². The van der Waals surface area contributed by atoms with Crippen LogP contribution in [0.2, 0.25) is 0 Å². The number of hydrogen-bond donors (Lipinski definition) is 2. The second-order valence-electron chi connectivity index (χ2n) is 8.47. The van der Waals surface area contributed by atoms with Gasteiger partial charge in [-0.2, -0.15) is 13.2 Å². The van der Waals surface area contributed by atoms with E-state index in [0.717, 1.165) is 43.4 Å². The second kappa shape index (κ2) is 8.21. The highest BCUT2D eigenvalue weighted by Gasteiger charge is 2.44. The van der Waals surface area contributed by atoms with Gasteiger partial charge in [0, 0.05) is 19.0 Å². The Hall–Kier alpha value is -1.92. The molecule has 2 aliphatic rings. The van der Waals surface area contributed by atoms with Gasteiger partial charge in [0.2, 0.25) is 0 Å². The van der Waals surface area contributed by atoms with Gasteiger partial charge in [-0.15, -0.1) is 0 Å². The van der Waals surface area contributed by atoms with Gasteiger partial charge >= 0.3 is 12.1 Å². The van der Waals surface area contributed by atoms with Crippen LogP contribution in [0.4, 0.5) is 24.5 Å². The molecule has 2 fully saturated rings. The van der Waals surface area contributed by atoms with Crippen LogP contribution in [0.15, 0.2) is 18.2 Å². The molecule has 7 heteroatoms. The average molecular weight is 398 g/mol. The zero-order valence-electron chi connectivity index (χ0n) is 16.2. The van der Waals surface area contributed by atoms with Crippen LogP contribution in [-0.2, 0) is 4.79 Å². The van der Waals surface area contributed by atoms with E-state index in [1.165, 1.54) is 0 Å². The Morgan fingerprint density at radius 2 is 1.96 bits per heavy atom. The zero-order valence-corrected chi connectivity index (χ0v) is 16.2. The highest BCUT2D eigenvalue weighted by atomic mass is 19.4. The molecule has 0 radical (unpaired) electrons. The fourth-order valence-corrected chi connectivity index (χ4v) is 4.53. The van der Waals surface area contributed by atoms with Crippen molar-refractivity contribution in [3.8, 4) is 0 Å². The number of anilines is 2. The molecule has 28 heavy (non-hydrogen) atoms. The van der Waals surface area contributed by atoms with E-state index in [2.05, 4.69) is 4.90 Å². The van der Waals surface area contributed by atoms with Crippen molar-refractivity contribution >= 4 is 17.3 Å². The molecular formula is C21H29F3N2O2. The Kier molecular flexibility index (Phi) is 6.10. The normalized spacial score (nSPS) is 24.0. The van der Waals surface area contributed by atoms with Crippen LogP contribution in [-0.4, -0.2) is 29.8 Å². The number of nitrogens with two attached hydrogens (primary N) is 1. The van der Waals surface area contributed by atoms with Gasteiger partial charge in [0.25, 0.3) is 0 Å². The quantitative estimate of drug-likeness (QED) is 0.621. The third kappa shape index (κ3) is 5.11. The summed E-state index contributed by atoms with van der Waals surface area (Å²) in [5.41, 5.74) is 8.51. The van der Waals surface area contributed by atoms with E-state index in [9.17, 15) is 18.0 Å². The third-order valence-corrected chi connectivity index (χ3v) is 6.00. The van der Waals surface area contributed by atoms with Crippen molar-refractivity contribution in [2.24, 2.45) is 11.8 Å². The summed E-state index contributed by atoms with van der Waals surface area (Å²) in [6, 6.07) is 5.78. The van der Waals surface area contributed by atoms with Gasteiger partial charge in [-0.05, 0) is 48.8 Å². The first-order valence-electron chi connectivity index (χ1n) is 10.1. The number of nitrogen functional groups attached to an aromatic ring is 1. The van der Waals surface area contributed by atoms with E-state index in [4.69, 9.17) is 10.8 Å². The minimum Gasteiger partial charge on any atom is -0.481 e. The van der Waals surface area contributed by atoms with Crippen molar-refractivity contribution in [2.45, 2.75) is 70.0 Å². The molecule has 3 rings (SSSR count). The number of alkyl halides is 3. The summed E-state index contributed by atoms with van der Waals surface area (Å²) in [4.78, 5) is 13.2. The lowest BCUT2D eigenvalue weighted by atomic mass is 9.92. The molecule has 3 unspecified atom stereocenters. The molecule has 0 aliphatic heterocycles. The van der Waals surface area contributed by atoms with Gasteiger partial charge in [0.05, 0.1) is 17.3 Å². The molecule has 156 valence electrons. The van der Waals surface area contributed by atoms with Crippen molar-refractivity contribution in [3.05, 3.63) is 23.8 Å². The largest absolute Gasteiger partial charge is 0.481 e. The predicted molar refractivity (Wildman–Crippen MR) is 103 cm³/mol. The maximum absolute atomic E-state index is 12.8. The molecule has 0 spiro atoms. The summed E-state index contributed by atoms with van der Waals surface area (Å²) < 4.78 is 38.5. The average Bonchev–Trinajstić information content (AvgIpc) is 3.40. The molecule has 0 saturated heterocycles. The fourth-order valence-electron chi connectivity index (χ4n) is 4.53. The monoisotopic (exact) mass is 398 g/mol. The van der Waals surface area contributed by atoms with Crippen LogP contribution in [0.1, 0.15) is 63.4 Å². The van der Waals surface area contributed by atoms with E-state index in [1.807, 2.05) is 18.2 Å². The minimum atomic E-state index is -4.18.